The van der Waals surface area contributed by atoms with E-state index in [1.165, 1.54) is 0 Å². The Hall–Kier alpha value is -3.38. The maximum absolute atomic E-state index is 13.0. The van der Waals surface area contributed by atoms with Gasteiger partial charge in [0.15, 0.2) is 0 Å². The van der Waals surface area contributed by atoms with Crippen molar-refractivity contribution >= 4 is 26.7 Å². The van der Waals surface area contributed by atoms with Crippen LogP contribution in [-0.2, 0) is 10.0 Å². The summed E-state index contributed by atoms with van der Waals surface area (Å²) in [5, 5.41) is 0.930. The van der Waals surface area contributed by atoms with Gasteiger partial charge in [0.2, 0.25) is 0 Å². The van der Waals surface area contributed by atoms with Gasteiger partial charge in [-0.25, -0.2) is 13.4 Å². The van der Waals surface area contributed by atoms with Gasteiger partial charge in [-0.1, -0.05) is 35.9 Å². The summed E-state index contributed by atoms with van der Waals surface area (Å²) >= 11 is 0. The van der Waals surface area contributed by atoms with Gasteiger partial charge >= 0.3 is 0 Å². The van der Waals surface area contributed by atoms with Gasteiger partial charge in [-0.15, -0.1) is 0 Å². The summed E-state index contributed by atoms with van der Waals surface area (Å²) in [6, 6.07) is 21.1. The van der Waals surface area contributed by atoms with Crippen LogP contribution in [0, 0.1) is 20.8 Å². The number of benzene rings is 3. The van der Waals surface area contributed by atoms with E-state index in [1.807, 2.05) is 81.4 Å². The Balaban J connectivity index is 1.65. The minimum Gasteiger partial charge on any atom is -0.497 e. The lowest BCUT2D eigenvalue weighted by molar-refractivity contribution is 0.415. The van der Waals surface area contributed by atoms with Crippen molar-refractivity contribution in [1.82, 2.24) is 4.98 Å². The van der Waals surface area contributed by atoms with Crippen LogP contribution < -0.4 is 9.46 Å². The second-order valence-electron chi connectivity index (χ2n) is 7.67. The molecular formula is C25H24N2O3S. The van der Waals surface area contributed by atoms with Crippen molar-refractivity contribution < 1.29 is 13.2 Å². The molecule has 31 heavy (non-hydrogen) atoms. The first-order valence-corrected chi connectivity index (χ1v) is 11.4. The molecule has 0 bridgehead atoms. The molecular weight excluding hydrogens is 408 g/mol. The summed E-state index contributed by atoms with van der Waals surface area (Å²) in [4.78, 5) is 4.82. The lowest BCUT2D eigenvalue weighted by atomic mass is 10.0. The molecule has 4 aromatic rings. The van der Waals surface area contributed by atoms with Gasteiger partial charge in [0.25, 0.3) is 10.0 Å². The Morgan fingerprint density at radius 2 is 1.45 bits per heavy atom. The Kier molecular flexibility index (Phi) is 5.41. The summed E-state index contributed by atoms with van der Waals surface area (Å²) in [5.41, 5.74) is 5.30. The number of nitrogens with zero attached hydrogens (tertiary/aromatic N) is 1. The molecule has 0 aliphatic carbocycles. The third kappa shape index (κ3) is 4.25. The van der Waals surface area contributed by atoms with E-state index in [0.29, 0.717) is 10.7 Å². The summed E-state index contributed by atoms with van der Waals surface area (Å²) in [6.07, 6.45) is 0. The average Bonchev–Trinajstić information content (AvgIpc) is 2.72. The van der Waals surface area contributed by atoms with Crippen molar-refractivity contribution in [3.8, 4) is 16.9 Å². The number of aromatic nitrogens is 1. The second kappa shape index (κ2) is 8.04. The Morgan fingerprint density at radius 3 is 2.10 bits per heavy atom. The lowest BCUT2D eigenvalue weighted by Gasteiger charge is -2.14. The quantitative estimate of drug-likeness (QED) is 0.443. The van der Waals surface area contributed by atoms with E-state index in [1.54, 1.807) is 13.2 Å². The van der Waals surface area contributed by atoms with Gasteiger partial charge in [-0.3, -0.25) is 4.72 Å². The summed E-state index contributed by atoms with van der Waals surface area (Å²) in [7, 11) is -2.10. The van der Waals surface area contributed by atoms with E-state index in [9.17, 15) is 8.42 Å². The third-order valence-corrected chi connectivity index (χ3v) is 6.88. The van der Waals surface area contributed by atoms with Crippen LogP contribution in [0.1, 0.15) is 16.7 Å². The van der Waals surface area contributed by atoms with Crippen molar-refractivity contribution in [2.45, 2.75) is 25.7 Å². The molecule has 0 fully saturated rings. The van der Waals surface area contributed by atoms with Crippen LogP contribution in [0.4, 0.5) is 5.82 Å². The number of fused-ring (bicyclic) bond motifs is 1. The highest BCUT2D eigenvalue weighted by molar-refractivity contribution is 7.92. The maximum atomic E-state index is 13.0. The molecule has 5 nitrogen and oxygen atoms in total. The highest BCUT2D eigenvalue weighted by Gasteiger charge is 2.20. The van der Waals surface area contributed by atoms with Crippen LogP contribution in [0.3, 0.4) is 0 Å². The number of ether oxygens (including phenoxy) is 1. The van der Waals surface area contributed by atoms with Gasteiger partial charge < -0.3 is 4.74 Å². The first-order valence-electron chi connectivity index (χ1n) is 9.93. The minimum absolute atomic E-state index is 0.295. The maximum Gasteiger partial charge on any atom is 0.263 e. The van der Waals surface area contributed by atoms with Crippen LogP contribution in [-0.4, -0.2) is 20.5 Å². The number of hydrogen-bond acceptors (Lipinski definition) is 4. The highest BCUT2D eigenvalue weighted by Crippen LogP contribution is 2.28. The average molecular weight is 433 g/mol. The Bertz CT molecular complexity index is 1360. The van der Waals surface area contributed by atoms with Gasteiger partial charge in [0, 0.05) is 5.39 Å². The van der Waals surface area contributed by atoms with Gasteiger partial charge in [-0.05, 0) is 79.4 Å². The first-order chi connectivity index (χ1) is 14.8. The predicted octanol–water partition coefficient (Wildman–Crippen LogP) is 5.64. The monoisotopic (exact) mass is 432 g/mol. The SMILES string of the molecule is COc1ccc(-c2ccc3nc(NS(=O)(=O)c4c(C)cc(C)cc4C)ccc3c2)cc1. The molecule has 158 valence electrons. The summed E-state index contributed by atoms with van der Waals surface area (Å²) in [5.74, 6) is 1.10. The number of pyridine rings is 1. The van der Waals surface area contributed by atoms with Crippen molar-refractivity contribution in [2.75, 3.05) is 11.8 Å². The Morgan fingerprint density at radius 1 is 0.806 bits per heavy atom. The van der Waals surface area contributed by atoms with Gasteiger partial charge in [0.05, 0.1) is 17.5 Å². The fraction of sp³-hybridized carbons (Fsp3) is 0.160. The van der Waals surface area contributed by atoms with E-state index < -0.39 is 10.0 Å². The second-order valence-corrected chi connectivity index (χ2v) is 9.29. The molecule has 0 atom stereocenters. The number of hydrogen-bond donors (Lipinski definition) is 1. The third-order valence-electron chi connectivity index (χ3n) is 5.22. The number of sulfonamides is 1. The molecule has 0 aliphatic heterocycles. The number of methoxy groups -OCH3 is 1. The normalized spacial score (nSPS) is 11.5. The fourth-order valence-electron chi connectivity index (χ4n) is 3.92. The van der Waals surface area contributed by atoms with Crippen LogP contribution >= 0.6 is 0 Å². The molecule has 4 rings (SSSR count). The Labute approximate surface area is 182 Å². The summed E-state index contributed by atoms with van der Waals surface area (Å²) < 4.78 is 33.9. The van der Waals surface area contributed by atoms with E-state index in [-0.39, 0.29) is 0 Å². The minimum atomic E-state index is -3.74. The van der Waals surface area contributed by atoms with Crippen molar-refractivity contribution in [1.29, 1.82) is 0 Å². The number of rotatable bonds is 5. The number of nitrogens with one attached hydrogen (secondary N) is 1. The number of anilines is 1. The lowest BCUT2D eigenvalue weighted by Crippen LogP contribution is -2.16. The van der Waals surface area contributed by atoms with Crippen LogP contribution in [0.15, 0.2) is 71.6 Å². The van der Waals surface area contributed by atoms with Crippen molar-refractivity contribution in [2.24, 2.45) is 0 Å². The van der Waals surface area contributed by atoms with Crippen LogP contribution in [0.25, 0.3) is 22.0 Å². The zero-order valence-corrected chi connectivity index (χ0v) is 18.7. The van der Waals surface area contributed by atoms with Crippen LogP contribution in [0.5, 0.6) is 5.75 Å². The molecule has 0 radical (unpaired) electrons. The highest BCUT2D eigenvalue weighted by atomic mass is 32.2. The molecule has 1 heterocycles. The standard InChI is InChI=1S/C25H24N2O3S/c1-16-13-17(2)25(18(3)14-16)31(28,29)27-24-12-8-21-15-20(7-11-23(21)26-24)19-5-9-22(30-4)10-6-19/h5-15H,1-4H3,(H,26,27). The van der Waals surface area contributed by atoms with E-state index in [0.717, 1.165) is 44.5 Å². The van der Waals surface area contributed by atoms with E-state index in [4.69, 9.17) is 4.74 Å². The van der Waals surface area contributed by atoms with Crippen molar-refractivity contribution in [3.63, 3.8) is 0 Å². The first kappa shape index (κ1) is 20.9. The van der Waals surface area contributed by atoms with Gasteiger partial charge in [-0.2, -0.15) is 0 Å². The predicted molar refractivity (Wildman–Crippen MR) is 125 cm³/mol. The van der Waals surface area contributed by atoms with Crippen LogP contribution in [0.2, 0.25) is 0 Å². The van der Waals surface area contributed by atoms with Gasteiger partial charge in [0.1, 0.15) is 11.6 Å². The summed E-state index contributed by atoms with van der Waals surface area (Å²) in [6.45, 7) is 5.57. The van der Waals surface area contributed by atoms with E-state index >= 15 is 0 Å². The molecule has 0 saturated carbocycles. The molecule has 1 aromatic heterocycles. The molecule has 0 unspecified atom stereocenters. The van der Waals surface area contributed by atoms with Crippen molar-refractivity contribution in [3.05, 3.63) is 83.4 Å². The molecule has 6 heteroatoms. The zero-order valence-electron chi connectivity index (χ0n) is 17.9. The molecule has 3 aromatic carbocycles. The largest absolute Gasteiger partial charge is 0.497 e. The molecule has 0 spiro atoms. The molecule has 0 aliphatic rings. The van der Waals surface area contributed by atoms with E-state index in [2.05, 4.69) is 9.71 Å². The molecule has 1 N–H and O–H groups in total. The molecule has 0 amide bonds. The topological polar surface area (TPSA) is 68.3 Å². The fourth-order valence-corrected chi connectivity index (χ4v) is 5.38. The smallest absolute Gasteiger partial charge is 0.263 e. The number of aryl methyl sites for hydroxylation is 3. The molecule has 0 saturated heterocycles. The zero-order chi connectivity index (χ0) is 22.2.